The van der Waals surface area contributed by atoms with Gasteiger partial charge < -0.3 is 19.0 Å². The number of ether oxygens (including phenoxy) is 1. The van der Waals surface area contributed by atoms with E-state index < -0.39 is 0 Å². The lowest BCUT2D eigenvalue weighted by atomic mass is 10.1. The van der Waals surface area contributed by atoms with E-state index in [1.54, 1.807) is 12.1 Å². The Hall–Kier alpha value is -3.80. The fraction of sp³-hybridized carbons (Fsp3) is 0.231. The molecule has 1 amide bonds. The van der Waals surface area contributed by atoms with Crippen LogP contribution >= 0.6 is 0 Å². The molecule has 0 unspecified atom stereocenters. The second-order valence-corrected chi connectivity index (χ2v) is 7.45. The number of benzene rings is 2. The number of hydrogen-bond acceptors (Lipinski definition) is 4. The number of imidazole rings is 1. The van der Waals surface area contributed by atoms with Gasteiger partial charge in [-0.3, -0.25) is 4.79 Å². The predicted octanol–water partition coefficient (Wildman–Crippen LogP) is 4.80. The summed E-state index contributed by atoms with van der Waals surface area (Å²) >= 11 is 0. The Morgan fingerprint density at radius 3 is 2.81 bits per heavy atom. The Balaban J connectivity index is 1.39. The molecule has 6 heteroatoms. The highest BCUT2D eigenvalue weighted by Crippen LogP contribution is 2.20. The number of hydrogen-bond donors (Lipinski definition) is 1. The van der Waals surface area contributed by atoms with Gasteiger partial charge in [0.25, 0.3) is 5.91 Å². The quantitative estimate of drug-likeness (QED) is 0.275. The molecule has 2 aromatic carbocycles. The summed E-state index contributed by atoms with van der Waals surface area (Å²) in [6.07, 6.45) is 5.68. The molecule has 0 aliphatic heterocycles. The monoisotopic (exact) mass is 429 g/mol. The lowest BCUT2D eigenvalue weighted by Crippen LogP contribution is -2.24. The van der Waals surface area contributed by atoms with Gasteiger partial charge in [-0.15, -0.1) is 6.58 Å². The summed E-state index contributed by atoms with van der Waals surface area (Å²) in [6.45, 7) is 5.60. The molecule has 0 aliphatic carbocycles. The summed E-state index contributed by atoms with van der Waals surface area (Å²) < 4.78 is 13.4. The first kappa shape index (κ1) is 21.4. The molecule has 0 bridgehead atoms. The van der Waals surface area contributed by atoms with Crippen LogP contribution in [0, 0.1) is 0 Å². The lowest BCUT2D eigenvalue weighted by Gasteiger charge is -2.13. The number of aromatic nitrogens is 2. The second-order valence-electron chi connectivity index (χ2n) is 7.45. The number of aryl methyl sites for hydroxylation is 1. The Labute approximate surface area is 187 Å². The van der Waals surface area contributed by atoms with Gasteiger partial charge in [-0.25, -0.2) is 4.98 Å². The van der Waals surface area contributed by atoms with E-state index in [9.17, 15) is 4.79 Å². The van der Waals surface area contributed by atoms with E-state index >= 15 is 0 Å². The number of rotatable bonds is 11. The molecule has 0 saturated heterocycles. The van der Waals surface area contributed by atoms with Gasteiger partial charge in [0.15, 0.2) is 5.76 Å². The molecule has 6 nitrogen and oxygen atoms in total. The number of nitrogens with zero attached hydrogens (tertiary/aromatic N) is 2. The smallest absolute Gasteiger partial charge is 0.286 e. The van der Waals surface area contributed by atoms with Crippen LogP contribution in [0.1, 0.15) is 28.4 Å². The third-order valence-corrected chi connectivity index (χ3v) is 5.25. The summed E-state index contributed by atoms with van der Waals surface area (Å²) in [5.41, 5.74) is 3.18. The maximum Gasteiger partial charge on any atom is 0.286 e. The van der Waals surface area contributed by atoms with Crippen molar-refractivity contribution in [1.82, 2.24) is 14.9 Å². The summed E-state index contributed by atoms with van der Waals surface area (Å²) in [4.78, 5) is 16.8. The molecule has 0 aliphatic rings. The molecule has 164 valence electrons. The van der Waals surface area contributed by atoms with E-state index in [-0.39, 0.29) is 5.91 Å². The van der Waals surface area contributed by atoms with E-state index in [1.807, 2.05) is 42.5 Å². The number of nitrogens with one attached hydrogen (secondary N) is 1. The molecule has 4 aromatic rings. The fourth-order valence-electron chi connectivity index (χ4n) is 3.72. The van der Waals surface area contributed by atoms with Crippen molar-refractivity contribution in [3.63, 3.8) is 0 Å². The molecule has 1 N–H and O–H groups in total. The van der Waals surface area contributed by atoms with Crippen molar-refractivity contribution >= 4 is 16.9 Å². The van der Waals surface area contributed by atoms with Crippen molar-refractivity contribution in [2.45, 2.75) is 25.8 Å². The minimum absolute atomic E-state index is 0.199. The van der Waals surface area contributed by atoms with E-state index in [0.29, 0.717) is 25.5 Å². The number of allylic oxidation sites excluding steroid dienone is 1. The molecule has 0 fully saturated rings. The van der Waals surface area contributed by atoms with Crippen LogP contribution < -0.4 is 10.1 Å². The van der Waals surface area contributed by atoms with Gasteiger partial charge in [-0.2, -0.15) is 0 Å². The average Bonchev–Trinajstić information content (AvgIpc) is 3.47. The van der Waals surface area contributed by atoms with Crippen LogP contribution in [0.4, 0.5) is 0 Å². The minimum atomic E-state index is -0.199. The number of furan rings is 1. The van der Waals surface area contributed by atoms with Gasteiger partial charge in [0.1, 0.15) is 18.2 Å². The first-order valence-electron chi connectivity index (χ1n) is 10.8. The van der Waals surface area contributed by atoms with Crippen LogP contribution in [0.25, 0.3) is 11.0 Å². The highest BCUT2D eigenvalue weighted by atomic mass is 16.5. The van der Waals surface area contributed by atoms with E-state index in [4.69, 9.17) is 14.1 Å². The molecular weight excluding hydrogens is 402 g/mol. The van der Waals surface area contributed by atoms with Crippen LogP contribution in [0.3, 0.4) is 0 Å². The summed E-state index contributed by atoms with van der Waals surface area (Å²) in [6, 6.07) is 19.5. The molecule has 4 rings (SSSR count). The van der Waals surface area contributed by atoms with E-state index in [1.165, 1.54) is 6.26 Å². The predicted molar refractivity (Wildman–Crippen MR) is 125 cm³/mol. The normalized spacial score (nSPS) is 10.9. The zero-order chi connectivity index (χ0) is 22.2. The maximum absolute atomic E-state index is 12.0. The SMILES string of the molecule is C=CCc1ccccc1OCCn1c(CCCNC(=O)c2ccco2)nc2ccccc21. The van der Waals surface area contributed by atoms with E-state index in [0.717, 1.165) is 47.4 Å². The maximum atomic E-state index is 12.0. The fourth-order valence-corrected chi connectivity index (χ4v) is 3.72. The van der Waals surface area contributed by atoms with Crippen molar-refractivity contribution in [2.75, 3.05) is 13.2 Å². The first-order valence-corrected chi connectivity index (χ1v) is 10.8. The summed E-state index contributed by atoms with van der Waals surface area (Å²) in [5.74, 6) is 2.00. The largest absolute Gasteiger partial charge is 0.491 e. The Bertz CT molecular complexity index is 1180. The van der Waals surface area contributed by atoms with Gasteiger partial charge in [0.05, 0.1) is 23.8 Å². The number of carbonyl (C=O) groups excluding carboxylic acids is 1. The van der Waals surface area contributed by atoms with Crippen LogP contribution in [0.2, 0.25) is 0 Å². The third-order valence-electron chi connectivity index (χ3n) is 5.25. The third kappa shape index (κ3) is 5.09. The van der Waals surface area contributed by atoms with Crippen molar-refractivity contribution in [3.05, 3.63) is 96.7 Å². The first-order chi connectivity index (χ1) is 15.8. The number of amides is 1. The van der Waals surface area contributed by atoms with Gasteiger partial charge in [0, 0.05) is 13.0 Å². The highest BCUT2D eigenvalue weighted by Gasteiger charge is 2.12. The Kier molecular flexibility index (Phi) is 7.02. The molecule has 2 aromatic heterocycles. The zero-order valence-electron chi connectivity index (χ0n) is 18.0. The molecule has 32 heavy (non-hydrogen) atoms. The molecule has 2 heterocycles. The number of fused-ring (bicyclic) bond motifs is 1. The van der Waals surface area contributed by atoms with Gasteiger partial charge in [-0.1, -0.05) is 36.4 Å². The highest BCUT2D eigenvalue weighted by molar-refractivity contribution is 5.91. The van der Waals surface area contributed by atoms with Crippen molar-refractivity contribution in [3.8, 4) is 5.75 Å². The number of carbonyl (C=O) groups is 1. The van der Waals surface area contributed by atoms with E-state index in [2.05, 4.69) is 28.6 Å². The number of para-hydroxylation sites is 3. The summed E-state index contributed by atoms with van der Waals surface area (Å²) in [5, 5.41) is 2.89. The Morgan fingerprint density at radius 1 is 1.12 bits per heavy atom. The molecular formula is C26H27N3O3. The topological polar surface area (TPSA) is 69.3 Å². The Morgan fingerprint density at radius 2 is 1.97 bits per heavy atom. The van der Waals surface area contributed by atoms with Crippen LogP contribution in [0.5, 0.6) is 5.75 Å². The second kappa shape index (κ2) is 10.5. The lowest BCUT2D eigenvalue weighted by molar-refractivity contribution is 0.0925. The van der Waals surface area contributed by atoms with Crippen LogP contribution in [-0.4, -0.2) is 28.6 Å². The van der Waals surface area contributed by atoms with Gasteiger partial charge in [-0.05, 0) is 48.7 Å². The van der Waals surface area contributed by atoms with Crippen molar-refractivity contribution in [2.24, 2.45) is 0 Å². The average molecular weight is 430 g/mol. The molecule has 0 radical (unpaired) electrons. The molecule has 0 atom stereocenters. The zero-order valence-corrected chi connectivity index (χ0v) is 18.0. The van der Waals surface area contributed by atoms with Crippen LogP contribution in [0.15, 0.2) is 84.0 Å². The molecule has 0 spiro atoms. The van der Waals surface area contributed by atoms with Crippen molar-refractivity contribution in [1.29, 1.82) is 0 Å². The molecule has 0 saturated carbocycles. The standard InChI is InChI=1S/C26H27N3O3/c1-2-9-20-10-3-6-13-23(20)32-19-17-29-22-12-5-4-11-21(22)28-25(29)15-7-16-27-26(30)24-14-8-18-31-24/h2-6,8,10-14,18H,1,7,9,15-17,19H2,(H,27,30). The van der Waals surface area contributed by atoms with Crippen LogP contribution in [-0.2, 0) is 19.4 Å². The summed E-state index contributed by atoms with van der Waals surface area (Å²) in [7, 11) is 0. The van der Waals surface area contributed by atoms with Gasteiger partial charge >= 0.3 is 0 Å². The minimum Gasteiger partial charge on any atom is -0.491 e. The van der Waals surface area contributed by atoms with Crippen molar-refractivity contribution < 1.29 is 13.9 Å². The van der Waals surface area contributed by atoms with Gasteiger partial charge in [0.2, 0.25) is 0 Å².